The molecule has 0 saturated carbocycles. The van der Waals surface area contributed by atoms with E-state index in [9.17, 15) is 21.6 Å². The van der Waals surface area contributed by atoms with Gasteiger partial charge in [-0.1, -0.05) is 0 Å². The summed E-state index contributed by atoms with van der Waals surface area (Å²) in [6, 6.07) is 10.6. The van der Waals surface area contributed by atoms with Crippen molar-refractivity contribution in [2.24, 2.45) is 5.41 Å². The van der Waals surface area contributed by atoms with Gasteiger partial charge in [-0.15, -0.1) is 0 Å². The largest absolute Gasteiger partial charge is 0.497 e. The molecular weight excluding hydrogens is 472 g/mol. The number of rotatable bonds is 9. The molecule has 2 aromatic rings. The van der Waals surface area contributed by atoms with Gasteiger partial charge < -0.3 is 14.2 Å². The van der Waals surface area contributed by atoms with Crippen LogP contribution in [0.1, 0.15) is 13.8 Å². The molecule has 0 unspecified atom stereocenters. The SMILES string of the molecule is COc1ccc(OCCNS(=O)(=O)c2cc(N3C(=O)C(C)(C)CS3(=O)=O)ccc2OC)cc1. The topological polar surface area (TPSA) is 128 Å². The van der Waals surface area contributed by atoms with Crippen LogP contribution in [0.4, 0.5) is 5.69 Å². The second-order valence-corrected chi connectivity index (χ2v) is 11.5. The van der Waals surface area contributed by atoms with E-state index in [1.54, 1.807) is 31.4 Å². The summed E-state index contributed by atoms with van der Waals surface area (Å²) in [6.45, 7) is 3.04. The first kappa shape index (κ1) is 24.8. The normalized spacial score (nSPS) is 17.1. The minimum atomic E-state index is -4.11. The molecule has 2 aromatic carbocycles. The second-order valence-electron chi connectivity index (χ2n) is 7.97. The molecule has 10 nitrogen and oxygen atoms in total. The molecule has 1 N–H and O–H groups in total. The lowest BCUT2D eigenvalue weighted by atomic mass is 9.95. The van der Waals surface area contributed by atoms with E-state index in [2.05, 4.69) is 4.72 Å². The van der Waals surface area contributed by atoms with Crippen LogP contribution in [0.2, 0.25) is 0 Å². The van der Waals surface area contributed by atoms with Gasteiger partial charge in [-0.05, 0) is 56.3 Å². The molecule has 1 saturated heterocycles. The van der Waals surface area contributed by atoms with Crippen molar-refractivity contribution >= 4 is 31.6 Å². The van der Waals surface area contributed by atoms with Crippen molar-refractivity contribution in [3.05, 3.63) is 42.5 Å². The lowest BCUT2D eigenvalue weighted by molar-refractivity contribution is -0.123. The Kier molecular flexibility index (Phi) is 6.91. The number of hydrogen-bond donors (Lipinski definition) is 1. The average Bonchev–Trinajstić information content (AvgIpc) is 2.93. The van der Waals surface area contributed by atoms with E-state index in [1.807, 2.05) is 0 Å². The maximum atomic E-state index is 12.9. The van der Waals surface area contributed by atoms with Crippen molar-refractivity contribution in [2.45, 2.75) is 18.7 Å². The number of anilines is 1. The van der Waals surface area contributed by atoms with Crippen molar-refractivity contribution < 1.29 is 35.8 Å². The zero-order chi connectivity index (χ0) is 24.4. The summed E-state index contributed by atoms with van der Waals surface area (Å²) in [5.74, 6) is 0.211. The summed E-state index contributed by atoms with van der Waals surface area (Å²) in [4.78, 5) is 12.4. The monoisotopic (exact) mass is 498 g/mol. The predicted molar refractivity (Wildman–Crippen MR) is 122 cm³/mol. The Morgan fingerprint density at radius 3 is 2.21 bits per heavy atom. The summed E-state index contributed by atoms with van der Waals surface area (Å²) in [5.41, 5.74) is -1.18. The molecule has 0 spiro atoms. The number of methoxy groups -OCH3 is 2. The fourth-order valence-electron chi connectivity index (χ4n) is 3.36. The summed E-state index contributed by atoms with van der Waals surface area (Å²) in [5, 5.41) is 0. The minimum Gasteiger partial charge on any atom is -0.497 e. The minimum absolute atomic E-state index is 0.00521. The smallest absolute Gasteiger partial charge is 0.247 e. The van der Waals surface area contributed by atoms with E-state index in [0.29, 0.717) is 15.8 Å². The van der Waals surface area contributed by atoms with Crippen LogP contribution in [-0.2, 0) is 24.8 Å². The van der Waals surface area contributed by atoms with Crippen LogP contribution in [-0.4, -0.2) is 55.9 Å². The van der Waals surface area contributed by atoms with E-state index in [0.717, 1.165) is 6.07 Å². The Balaban J connectivity index is 1.78. The molecule has 1 heterocycles. The molecule has 180 valence electrons. The number of benzene rings is 2. The van der Waals surface area contributed by atoms with Gasteiger partial charge in [0.1, 0.15) is 28.8 Å². The molecule has 0 aliphatic carbocycles. The number of ether oxygens (including phenoxy) is 3. The summed E-state index contributed by atoms with van der Waals surface area (Å²) < 4.78 is 69.8. The zero-order valence-corrected chi connectivity index (χ0v) is 20.3. The highest BCUT2D eigenvalue weighted by molar-refractivity contribution is 7.94. The van der Waals surface area contributed by atoms with Crippen LogP contribution in [0.25, 0.3) is 0 Å². The number of hydrogen-bond acceptors (Lipinski definition) is 8. The van der Waals surface area contributed by atoms with Crippen LogP contribution in [0.15, 0.2) is 47.4 Å². The van der Waals surface area contributed by atoms with Crippen LogP contribution in [0.5, 0.6) is 17.2 Å². The molecule has 1 amide bonds. The van der Waals surface area contributed by atoms with Gasteiger partial charge in [0.05, 0.1) is 31.1 Å². The molecule has 33 heavy (non-hydrogen) atoms. The van der Waals surface area contributed by atoms with Gasteiger partial charge in [0.25, 0.3) is 0 Å². The molecule has 1 fully saturated rings. The van der Waals surface area contributed by atoms with Gasteiger partial charge in [0.2, 0.25) is 26.0 Å². The highest BCUT2D eigenvalue weighted by Crippen LogP contribution is 2.38. The van der Waals surface area contributed by atoms with Crippen LogP contribution in [0.3, 0.4) is 0 Å². The highest BCUT2D eigenvalue weighted by Gasteiger charge is 2.50. The molecule has 1 aliphatic rings. The van der Waals surface area contributed by atoms with E-state index in [-0.39, 0.29) is 35.2 Å². The van der Waals surface area contributed by atoms with Gasteiger partial charge in [0.15, 0.2) is 0 Å². The number of amides is 1. The molecule has 3 rings (SSSR count). The van der Waals surface area contributed by atoms with E-state index < -0.39 is 31.4 Å². The fraction of sp³-hybridized carbons (Fsp3) is 0.381. The lowest BCUT2D eigenvalue weighted by Gasteiger charge is -2.19. The van der Waals surface area contributed by atoms with E-state index in [1.165, 1.54) is 33.1 Å². The standard InChI is InChI=1S/C21H26N2O8S2/c1-21(2)14-32(25,26)23(20(21)24)15-5-10-18(30-4)19(13-15)33(27,28)22-11-12-31-17-8-6-16(29-3)7-9-17/h5-10,13,22H,11-12,14H2,1-4H3. The van der Waals surface area contributed by atoms with Crippen LogP contribution < -0.4 is 23.2 Å². The molecule has 0 radical (unpaired) electrons. The van der Waals surface area contributed by atoms with Crippen molar-refractivity contribution in [3.63, 3.8) is 0 Å². The Hall–Kier alpha value is -2.83. The maximum Gasteiger partial charge on any atom is 0.247 e. The van der Waals surface area contributed by atoms with E-state index in [4.69, 9.17) is 14.2 Å². The summed E-state index contributed by atoms with van der Waals surface area (Å²) in [7, 11) is -5.21. The molecule has 0 aromatic heterocycles. The number of nitrogens with one attached hydrogen (secondary N) is 1. The molecule has 0 bridgehead atoms. The molecule has 1 aliphatic heterocycles. The fourth-order valence-corrected chi connectivity index (χ4v) is 6.66. The summed E-state index contributed by atoms with van der Waals surface area (Å²) >= 11 is 0. The summed E-state index contributed by atoms with van der Waals surface area (Å²) in [6.07, 6.45) is 0. The number of carbonyl (C=O) groups is 1. The third-order valence-corrected chi connectivity index (χ3v) is 8.48. The van der Waals surface area contributed by atoms with Gasteiger partial charge in [-0.2, -0.15) is 0 Å². The first-order valence-electron chi connectivity index (χ1n) is 9.93. The van der Waals surface area contributed by atoms with Crippen molar-refractivity contribution in [2.75, 3.05) is 37.4 Å². The molecule has 12 heteroatoms. The Morgan fingerprint density at radius 1 is 1.03 bits per heavy atom. The van der Waals surface area contributed by atoms with Crippen molar-refractivity contribution in [1.29, 1.82) is 0 Å². The van der Waals surface area contributed by atoms with E-state index >= 15 is 0 Å². The van der Waals surface area contributed by atoms with Crippen molar-refractivity contribution in [1.82, 2.24) is 4.72 Å². The van der Waals surface area contributed by atoms with Gasteiger partial charge in [-0.25, -0.2) is 25.9 Å². The Morgan fingerprint density at radius 2 is 1.67 bits per heavy atom. The third-order valence-electron chi connectivity index (χ3n) is 4.98. The van der Waals surface area contributed by atoms with Crippen molar-refractivity contribution in [3.8, 4) is 17.2 Å². The molecular formula is C21H26N2O8S2. The number of sulfonamides is 2. The predicted octanol–water partition coefficient (Wildman–Crippen LogP) is 1.76. The van der Waals surface area contributed by atoms with Crippen LogP contribution in [0, 0.1) is 5.41 Å². The number of carbonyl (C=O) groups excluding carboxylic acids is 1. The third kappa shape index (κ3) is 5.23. The molecule has 0 atom stereocenters. The first-order chi connectivity index (χ1) is 15.4. The van der Waals surface area contributed by atoms with Gasteiger partial charge in [0, 0.05) is 6.54 Å². The quantitative estimate of drug-likeness (QED) is 0.518. The average molecular weight is 499 g/mol. The Bertz CT molecular complexity index is 1240. The lowest BCUT2D eigenvalue weighted by Crippen LogP contribution is -2.33. The maximum absolute atomic E-state index is 12.9. The van der Waals surface area contributed by atoms with Crippen LogP contribution >= 0.6 is 0 Å². The zero-order valence-electron chi connectivity index (χ0n) is 18.7. The first-order valence-corrected chi connectivity index (χ1v) is 13.0. The highest BCUT2D eigenvalue weighted by atomic mass is 32.2. The second kappa shape index (κ2) is 9.20. The van der Waals surface area contributed by atoms with Gasteiger partial charge >= 0.3 is 0 Å². The van der Waals surface area contributed by atoms with Gasteiger partial charge in [-0.3, -0.25) is 4.79 Å². The Labute approximate surface area is 193 Å². The number of nitrogens with zero attached hydrogens (tertiary/aromatic N) is 1.